The highest BCUT2D eigenvalue weighted by Gasteiger charge is 2.37. The standard InChI is InChI=1S/C11H20N4O2S.ClH/c1-8-4-3-5-15(10(8)6-12)18(16,17)11-7-13-14-9(11)2;/h7-8,10H,3-6,12H2,1-2H3,(H,13,14);1H. The van der Waals surface area contributed by atoms with Gasteiger partial charge >= 0.3 is 0 Å². The van der Waals surface area contributed by atoms with Crippen molar-refractivity contribution < 1.29 is 8.42 Å². The monoisotopic (exact) mass is 308 g/mol. The zero-order valence-corrected chi connectivity index (χ0v) is 12.8. The molecule has 2 atom stereocenters. The van der Waals surface area contributed by atoms with Crippen LogP contribution in [-0.4, -0.2) is 42.1 Å². The summed E-state index contributed by atoms with van der Waals surface area (Å²) in [6, 6.07) is -0.113. The summed E-state index contributed by atoms with van der Waals surface area (Å²) < 4.78 is 26.7. The third-order valence-corrected chi connectivity index (χ3v) is 5.71. The smallest absolute Gasteiger partial charge is 0.246 e. The Kier molecular flexibility index (Phi) is 5.37. The van der Waals surface area contributed by atoms with Crippen LogP contribution in [-0.2, 0) is 10.0 Å². The van der Waals surface area contributed by atoms with Crippen molar-refractivity contribution in [3.8, 4) is 0 Å². The van der Waals surface area contributed by atoms with Crippen molar-refractivity contribution >= 4 is 22.4 Å². The van der Waals surface area contributed by atoms with Crippen molar-refractivity contribution in [1.29, 1.82) is 0 Å². The SMILES string of the molecule is Cc1[nH]ncc1S(=O)(=O)N1CCCC(C)C1CN.Cl. The summed E-state index contributed by atoms with van der Waals surface area (Å²) in [7, 11) is -3.48. The molecule has 2 rings (SSSR count). The van der Waals surface area contributed by atoms with Gasteiger partial charge in [0.25, 0.3) is 0 Å². The molecule has 1 aliphatic heterocycles. The molecule has 1 aliphatic rings. The molecule has 0 bridgehead atoms. The van der Waals surface area contributed by atoms with Gasteiger partial charge in [-0.1, -0.05) is 6.92 Å². The summed E-state index contributed by atoms with van der Waals surface area (Å²) in [6.07, 6.45) is 3.28. The largest absolute Gasteiger partial charge is 0.329 e. The fourth-order valence-corrected chi connectivity index (χ4v) is 4.48. The molecule has 110 valence electrons. The third kappa shape index (κ3) is 2.94. The maximum atomic E-state index is 12.6. The van der Waals surface area contributed by atoms with E-state index in [0.717, 1.165) is 12.8 Å². The van der Waals surface area contributed by atoms with Crippen molar-refractivity contribution in [2.75, 3.05) is 13.1 Å². The number of nitrogens with one attached hydrogen (secondary N) is 1. The fraction of sp³-hybridized carbons (Fsp3) is 0.727. The van der Waals surface area contributed by atoms with Crippen LogP contribution in [0.4, 0.5) is 0 Å². The van der Waals surface area contributed by atoms with Crippen molar-refractivity contribution in [2.24, 2.45) is 11.7 Å². The molecule has 0 radical (unpaired) electrons. The highest BCUT2D eigenvalue weighted by molar-refractivity contribution is 7.89. The van der Waals surface area contributed by atoms with Gasteiger partial charge in [0.05, 0.1) is 11.9 Å². The first-order valence-electron chi connectivity index (χ1n) is 6.20. The Bertz CT molecular complexity index is 517. The highest BCUT2D eigenvalue weighted by atomic mass is 35.5. The van der Waals surface area contributed by atoms with Crippen LogP contribution in [0.15, 0.2) is 11.1 Å². The van der Waals surface area contributed by atoms with E-state index in [1.54, 1.807) is 11.2 Å². The lowest BCUT2D eigenvalue weighted by Crippen LogP contribution is -2.51. The predicted molar refractivity (Wildman–Crippen MR) is 75.7 cm³/mol. The lowest BCUT2D eigenvalue weighted by atomic mass is 9.93. The normalized spacial score (nSPS) is 25.0. The minimum absolute atomic E-state index is 0. The van der Waals surface area contributed by atoms with Gasteiger partial charge in [0.15, 0.2) is 0 Å². The molecule has 3 N–H and O–H groups in total. The zero-order chi connectivity index (χ0) is 13.3. The fourth-order valence-electron chi connectivity index (χ4n) is 2.59. The zero-order valence-electron chi connectivity index (χ0n) is 11.2. The summed E-state index contributed by atoms with van der Waals surface area (Å²) in [5.41, 5.74) is 6.32. The van der Waals surface area contributed by atoms with Gasteiger partial charge < -0.3 is 5.73 Å². The number of halogens is 1. The summed E-state index contributed by atoms with van der Waals surface area (Å²) in [5.74, 6) is 0.297. The Labute approximate surface area is 120 Å². The van der Waals surface area contributed by atoms with Crippen molar-refractivity contribution in [2.45, 2.75) is 37.6 Å². The first-order chi connectivity index (χ1) is 8.48. The van der Waals surface area contributed by atoms with Crippen LogP contribution in [0.3, 0.4) is 0 Å². The number of piperidine rings is 1. The lowest BCUT2D eigenvalue weighted by molar-refractivity contribution is 0.192. The van der Waals surface area contributed by atoms with E-state index in [0.29, 0.717) is 24.7 Å². The molecule has 2 heterocycles. The number of nitrogens with zero attached hydrogens (tertiary/aromatic N) is 2. The van der Waals surface area contributed by atoms with Crippen LogP contribution in [0.1, 0.15) is 25.5 Å². The van der Waals surface area contributed by atoms with Crippen molar-refractivity contribution in [3.63, 3.8) is 0 Å². The molecular weight excluding hydrogens is 288 g/mol. The molecule has 0 saturated carbocycles. The highest BCUT2D eigenvalue weighted by Crippen LogP contribution is 2.29. The summed E-state index contributed by atoms with van der Waals surface area (Å²) in [4.78, 5) is 0.259. The second-order valence-electron chi connectivity index (χ2n) is 4.90. The van der Waals surface area contributed by atoms with Gasteiger partial charge in [-0.3, -0.25) is 5.10 Å². The molecule has 1 aromatic heterocycles. The molecule has 1 aromatic rings. The molecule has 1 fully saturated rings. The first-order valence-corrected chi connectivity index (χ1v) is 7.64. The number of rotatable bonds is 3. The molecule has 0 aromatic carbocycles. The average molecular weight is 309 g/mol. The van der Waals surface area contributed by atoms with E-state index in [4.69, 9.17) is 5.73 Å². The van der Waals surface area contributed by atoms with E-state index in [1.165, 1.54) is 6.20 Å². The number of nitrogens with two attached hydrogens (primary N) is 1. The van der Waals surface area contributed by atoms with Crippen molar-refractivity contribution in [1.82, 2.24) is 14.5 Å². The van der Waals surface area contributed by atoms with Crippen LogP contribution < -0.4 is 5.73 Å². The van der Waals surface area contributed by atoms with Gasteiger partial charge in [-0.15, -0.1) is 12.4 Å². The minimum atomic E-state index is -3.48. The van der Waals surface area contributed by atoms with E-state index in [2.05, 4.69) is 17.1 Å². The molecule has 0 aliphatic carbocycles. The van der Waals surface area contributed by atoms with Gasteiger partial charge in [-0.25, -0.2) is 8.42 Å². The van der Waals surface area contributed by atoms with E-state index >= 15 is 0 Å². The van der Waals surface area contributed by atoms with Crippen LogP contribution >= 0.6 is 12.4 Å². The minimum Gasteiger partial charge on any atom is -0.329 e. The van der Waals surface area contributed by atoms with Gasteiger partial charge in [0.1, 0.15) is 4.90 Å². The molecule has 1 saturated heterocycles. The molecule has 0 amide bonds. The lowest BCUT2D eigenvalue weighted by Gasteiger charge is -2.38. The third-order valence-electron chi connectivity index (χ3n) is 3.68. The van der Waals surface area contributed by atoms with Crippen molar-refractivity contribution in [3.05, 3.63) is 11.9 Å². The number of hydrogen-bond acceptors (Lipinski definition) is 4. The second kappa shape index (κ2) is 6.21. The van der Waals surface area contributed by atoms with E-state index in [-0.39, 0.29) is 23.3 Å². The number of aromatic nitrogens is 2. The Balaban J connectivity index is 0.00000180. The van der Waals surface area contributed by atoms with E-state index in [1.807, 2.05) is 0 Å². The second-order valence-corrected chi connectivity index (χ2v) is 6.76. The van der Waals surface area contributed by atoms with Gasteiger partial charge in [0.2, 0.25) is 10.0 Å². The number of hydrogen-bond donors (Lipinski definition) is 2. The van der Waals surface area contributed by atoms with Crippen LogP contribution in [0, 0.1) is 12.8 Å². The van der Waals surface area contributed by atoms with Gasteiger partial charge in [-0.05, 0) is 25.7 Å². The van der Waals surface area contributed by atoms with Crippen LogP contribution in [0.25, 0.3) is 0 Å². The Morgan fingerprint density at radius 3 is 2.79 bits per heavy atom. The Hall–Kier alpha value is -0.630. The van der Waals surface area contributed by atoms with Gasteiger partial charge in [0, 0.05) is 19.1 Å². The summed E-state index contributed by atoms with van der Waals surface area (Å²) in [6.45, 7) is 4.67. The van der Waals surface area contributed by atoms with Crippen LogP contribution in [0.2, 0.25) is 0 Å². The molecule has 0 spiro atoms. The molecule has 8 heteroatoms. The topological polar surface area (TPSA) is 92.1 Å². The molecule has 6 nitrogen and oxygen atoms in total. The van der Waals surface area contributed by atoms with Gasteiger partial charge in [-0.2, -0.15) is 9.40 Å². The summed E-state index contributed by atoms with van der Waals surface area (Å²) in [5, 5.41) is 6.46. The Morgan fingerprint density at radius 1 is 1.58 bits per heavy atom. The summed E-state index contributed by atoms with van der Waals surface area (Å²) >= 11 is 0. The number of aromatic amines is 1. The van der Waals surface area contributed by atoms with E-state index < -0.39 is 10.0 Å². The molecule has 19 heavy (non-hydrogen) atoms. The number of aryl methyl sites for hydroxylation is 1. The Morgan fingerprint density at radius 2 is 2.26 bits per heavy atom. The molecule has 2 unspecified atom stereocenters. The predicted octanol–water partition coefficient (Wildman–Crippen LogP) is 0.888. The van der Waals surface area contributed by atoms with Crippen LogP contribution in [0.5, 0.6) is 0 Å². The number of sulfonamides is 1. The average Bonchev–Trinajstić information content (AvgIpc) is 2.75. The van der Waals surface area contributed by atoms with E-state index in [9.17, 15) is 8.42 Å². The maximum Gasteiger partial charge on any atom is 0.246 e. The first kappa shape index (κ1) is 16.4. The molecular formula is C11H21ClN4O2S. The quantitative estimate of drug-likeness (QED) is 0.867. The maximum absolute atomic E-state index is 12.6. The number of H-pyrrole nitrogens is 1.